The molecule has 0 bridgehead atoms. The first-order valence-electron chi connectivity index (χ1n) is 4.16. The zero-order valence-corrected chi connectivity index (χ0v) is 7.31. The fourth-order valence-corrected chi connectivity index (χ4v) is 0.814. The molecule has 0 aliphatic heterocycles. The van der Waals surface area contributed by atoms with Crippen LogP contribution in [0.25, 0.3) is 0 Å². The smallest absolute Gasteiger partial charge is 0.0876 e. The Morgan fingerprint density at radius 3 is 2.45 bits per heavy atom. The summed E-state index contributed by atoms with van der Waals surface area (Å²) < 4.78 is 5.17. The third-order valence-corrected chi connectivity index (χ3v) is 1.40. The number of unbranched alkanes of at least 4 members (excludes halogenated alkanes) is 3. The van der Waals surface area contributed by atoms with E-state index >= 15 is 0 Å². The lowest BCUT2D eigenvalue weighted by atomic mass is 10.2. The van der Waals surface area contributed by atoms with Gasteiger partial charge in [-0.05, 0) is 26.2 Å². The average Bonchev–Trinajstić information content (AvgIpc) is 1.96. The summed E-state index contributed by atoms with van der Waals surface area (Å²) in [7, 11) is 0. The molecule has 0 spiro atoms. The molecular formula is C9H18O2. The van der Waals surface area contributed by atoms with Gasteiger partial charge in [0, 0.05) is 6.61 Å². The summed E-state index contributed by atoms with van der Waals surface area (Å²) in [5.74, 6) is 0.784. The summed E-state index contributed by atoms with van der Waals surface area (Å²) in [6, 6.07) is 0. The van der Waals surface area contributed by atoms with Gasteiger partial charge in [0.1, 0.15) is 0 Å². The summed E-state index contributed by atoms with van der Waals surface area (Å²) in [6.07, 6.45) is 4.20. The number of ether oxygens (including phenoxy) is 1. The van der Waals surface area contributed by atoms with Gasteiger partial charge in [0.05, 0.1) is 12.4 Å². The molecule has 0 rings (SSSR count). The van der Waals surface area contributed by atoms with Crippen molar-refractivity contribution < 1.29 is 9.84 Å². The van der Waals surface area contributed by atoms with Crippen molar-refractivity contribution in [2.45, 2.75) is 32.6 Å². The minimum absolute atomic E-state index is 0.307. The lowest BCUT2D eigenvalue weighted by Gasteiger charge is -2.03. The van der Waals surface area contributed by atoms with E-state index in [1.54, 1.807) is 0 Å². The molecule has 0 heterocycles. The largest absolute Gasteiger partial charge is 0.499 e. The Labute approximate surface area is 68.9 Å². The molecule has 11 heavy (non-hydrogen) atoms. The lowest BCUT2D eigenvalue weighted by Crippen LogP contribution is -1.92. The van der Waals surface area contributed by atoms with Crippen LogP contribution in [0.2, 0.25) is 0 Å². The highest BCUT2D eigenvalue weighted by Gasteiger charge is 1.89. The van der Waals surface area contributed by atoms with E-state index in [1.165, 1.54) is 0 Å². The van der Waals surface area contributed by atoms with Crippen LogP contribution in [0.15, 0.2) is 12.3 Å². The van der Waals surface area contributed by atoms with Crippen molar-refractivity contribution in [2.24, 2.45) is 0 Å². The van der Waals surface area contributed by atoms with E-state index in [4.69, 9.17) is 9.84 Å². The molecule has 0 aromatic rings. The third-order valence-electron chi connectivity index (χ3n) is 1.40. The van der Waals surface area contributed by atoms with Gasteiger partial charge < -0.3 is 9.84 Å². The van der Waals surface area contributed by atoms with E-state index in [9.17, 15) is 0 Å². The molecule has 2 nitrogen and oxygen atoms in total. The Morgan fingerprint density at radius 2 is 1.91 bits per heavy atom. The van der Waals surface area contributed by atoms with E-state index in [2.05, 4.69) is 6.58 Å². The molecule has 0 fully saturated rings. The van der Waals surface area contributed by atoms with E-state index in [-0.39, 0.29) is 0 Å². The number of allylic oxidation sites excluding steroid dienone is 1. The Kier molecular flexibility index (Phi) is 7.26. The summed E-state index contributed by atoms with van der Waals surface area (Å²) in [5.41, 5.74) is 0. The molecule has 0 unspecified atom stereocenters. The van der Waals surface area contributed by atoms with Crippen LogP contribution >= 0.6 is 0 Å². The van der Waals surface area contributed by atoms with Gasteiger partial charge in [-0.1, -0.05) is 13.0 Å². The van der Waals surface area contributed by atoms with Crippen molar-refractivity contribution in [3.63, 3.8) is 0 Å². The van der Waals surface area contributed by atoms with E-state index < -0.39 is 0 Å². The molecule has 0 atom stereocenters. The van der Waals surface area contributed by atoms with Crippen molar-refractivity contribution in [1.82, 2.24) is 0 Å². The molecule has 2 heteroatoms. The quantitative estimate of drug-likeness (QED) is 0.454. The maximum absolute atomic E-state index is 8.47. The van der Waals surface area contributed by atoms with Gasteiger partial charge in [0.15, 0.2) is 0 Å². The standard InChI is InChI=1S/C9H18O2/c1-9(2)11-8-6-4-3-5-7-10/h10H,1,3-8H2,2H3. The van der Waals surface area contributed by atoms with Crippen LogP contribution in [-0.4, -0.2) is 18.3 Å². The molecule has 0 aromatic carbocycles. The minimum atomic E-state index is 0.307. The van der Waals surface area contributed by atoms with Crippen molar-refractivity contribution in [3.8, 4) is 0 Å². The summed E-state index contributed by atoms with van der Waals surface area (Å²) >= 11 is 0. The number of aliphatic hydroxyl groups is 1. The van der Waals surface area contributed by atoms with Crippen LogP contribution < -0.4 is 0 Å². The van der Waals surface area contributed by atoms with Crippen LogP contribution in [0.1, 0.15) is 32.6 Å². The normalized spacial score (nSPS) is 9.64. The van der Waals surface area contributed by atoms with Crippen molar-refractivity contribution in [1.29, 1.82) is 0 Å². The predicted octanol–water partition coefficient (Wildman–Crippen LogP) is 2.09. The van der Waals surface area contributed by atoms with Crippen LogP contribution in [0.4, 0.5) is 0 Å². The molecule has 0 radical (unpaired) electrons. The predicted molar refractivity (Wildman–Crippen MR) is 46.3 cm³/mol. The Bertz CT molecular complexity index is 99.7. The van der Waals surface area contributed by atoms with Crippen LogP contribution in [0.5, 0.6) is 0 Å². The molecule has 0 saturated heterocycles. The van der Waals surface area contributed by atoms with Gasteiger partial charge in [-0.25, -0.2) is 0 Å². The summed E-state index contributed by atoms with van der Waals surface area (Å²) in [4.78, 5) is 0. The average molecular weight is 158 g/mol. The minimum Gasteiger partial charge on any atom is -0.499 e. The molecule has 66 valence electrons. The molecule has 1 N–H and O–H groups in total. The maximum Gasteiger partial charge on any atom is 0.0876 e. The lowest BCUT2D eigenvalue weighted by molar-refractivity contribution is 0.206. The van der Waals surface area contributed by atoms with Gasteiger partial charge in [-0.2, -0.15) is 0 Å². The van der Waals surface area contributed by atoms with Gasteiger partial charge in [0.2, 0.25) is 0 Å². The van der Waals surface area contributed by atoms with Crippen molar-refractivity contribution >= 4 is 0 Å². The second-order valence-electron chi connectivity index (χ2n) is 2.69. The maximum atomic E-state index is 8.47. The van der Waals surface area contributed by atoms with Gasteiger partial charge in [-0.15, -0.1) is 0 Å². The van der Waals surface area contributed by atoms with Crippen LogP contribution in [-0.2, 0) is 4.74 Å². The second kappa shape index (κ2) is 7.61. The molecular weight excluding hydrogens is 140 g/mol. The zero-order valence-electron chi connectivity index (χ0n) is 7.31. The third kappa shape index (κ3) is 9.50. The highest BCUT2D eigenvalue weighted by atomic mass is 16.5. The monoisotopic (exact) mass is 158 g/mol. The first kappa shape index (κ1) is 10.5. The Morgan fingerprint density at radius 1 is 1.27 bits per heavy atom. The first-order valence-corrected chi connectivity index (χ1v) is 4.16. The highest BCUT2D eigenvalue weighted by molar-refractivity contribution is 4.73. The number of hydrogen-bond acceptors (Lipinski definition) is 2. The van der Waals surface area contributed by atoms with Gasteiger partial charge in [-0.3, -0.25) is 0 Å². The fraction of sp³-hybridized carbons (Fsp3) is 0.778. The summed E-state index contributed by atoms with van der Waals surface area (Å²) in [6.45, 7) is 6.55. The van der Waals surface area contributed by atoms with E-state index in [1.807, 2.05) is 6.92 Å². The topological polar surface area (TPSA) is 29.5 Å². The Balaban J connectivity index is 2.85. The van der Waals surface area contributed by atoms with Gasteiger partial charge >= 0.3 is 0 Å². The fourth-order valence-electron chi connectivity index (χ4n) is 0.814. The zero-order chi connectivity index (χ0) is 8.53. The molecule has 0 saturated carbocycles. The van der Waals surface area contributed by atoms with Crippen molar-refractivity contribution in [3.05, 3.63) is 12.3 Å². The Hall–Kier alpha value is -0.500. The summed E-state index contributed by atoms with van der Waals surface area (Å²) in [5, 5.41) is 8.47. The number of rotatable bonds is 7. The molecule has 0 aliphatic rings. The SMILES string of the molecule is C=C(C)OCCCCCCO. The van der Waals surface area contributed by atoms with Crippen LogP contribution in [0.3, 0.4) is 0 Å². The van der Waals surface area contributed by atoms with Crippen molar-refractivity contribution in [2.75, 3.05) is 13.2 Å². The van der Waals surface area contributed by atoms with E-state index in [0.717, 1.165) is 38.0 Å². The number of aliphatic hydroxyl groups excluding tert-OH is 1. The van der Waals surface area contributed by atoms with E-state index in [0.29, 0.717) is 6.61 Å². The number of hydrogen-bond donors (Lipinski definition) is 1. The molecule has 0 aliphatic carbocycles. The van der Waals surface area contributed by atoms with Gasteiger partial charge in [0.25, 0.3) is 0 Å². The molecule has 0 aromatic heterocycles. The van der Waals surface area contributed by atoms with Crippen LogP contribution in [0, 0.1) is 0 Å². The molecule has 0 amide bonds. The first-order chi connectivity index (χ1) is 5.27. The highest BCUT2D eigenvalue weighted by Crippen LogP contribution is 2.00. The second-order valence-corrected chi connectivity index (χ2v) is 2.69.